The van der Waals surface area contributed by atoms with Crippen LogP contribution in [0.25, 0.3) is 0 Å². The number of ether oxygens (including phenoxy) is 1. The monoisotopic (exact) mass is 277 g/mol. The van der Waals surface area contributed by atoms with Crippen molar-refractivity contribution in [1.82, 2.24) is 4.98 Å². The number of nitrogens with two attached hydrogens (primary N) is 1. The van der Waals surface area contributed by atoms with E-state index in [2.05, 4.69) is 16.8 Å². The number of pyridine rings is 1. The van der Waals surface area contributed by atoms with Crippen LogP contribution in [0.3, 0.4) is 0 Å². The molecule has 1 fully saturated rings. The maximum absolute atomic E-state index is 11.6. The Kier molecular flexibility index (Phi) is 4.95. The first-order chi connectivity index (χ1) is 9.67. The highest BCUT2D eigenvalue weighted by Crippen LogP contribution is 2.26. The third-order valence-corrected chi connectivity index (χ3v) is 3.91. The first kappa shape index (κ1) is 14.8. The van der Waals surface area contributed by atoms with Gasteiger partial charge in [0.15, 0.2) is 0 Å². The summed E-state index contributed by atoms with van der Waals surface area (Å²) < 4.78 is 4.96. The summed E-state index contributed by atoms with van der Waals surface area (Å²) in [5.41, 5.74) is 6.39. The fourth-order valence-electron chi connectivity index (χ4n) is 2.78. The van der Waals surface area contributed by atoms with Gasteiger partial charge in [0, 0.05) is 25.3 Å². The Hall–Kier alpha value is -1.62. The van der Waals surface area contributed by atoms with Gasteiger partial charge in [-0.25, -0.2) is 9.78 Å². The van der Waals surface area contributed by atoms with Gasteiger partial charge in [-0.3, -0.25) is 0 Å². The molecule has 0 aliphatic carbocycles. The summed E-state index contributed by atoms with van der Waals surface area (Å²) in [4.78, 5) is 18.3. The topological polar surface area (TPSA) is 68.5 Å². The molecule has 2 N–H and O–H groups in total. The van der Waals surface area contributed by atoms with Crippen LogP contribution in [0.5, 0.6) is 0 Å². The van der Waals surface area contributed by atoms with Crippen LogP contribution in [0, 0.1) is 5.92 Å². The molecule has 0 aromatic carbocycles. The van der Waals surface area contributed by atoms with E-state index >= 15 is 0 Å². The van der Waals surface area contributed by atoms with Crippen LogP contribution in [0.1, 0.15) is 37.0 Å². The van der Waals surface area contributed by atoms with Crippen LogP contribution < -0.4 is 10.6 Å². The van der Waals surface area contributed by atoms with E-state index < -0.39 is 0 Å². The van der Waals surface area contributed by atoms with Crippen molar-refractivity contribution in [3.05, 3.63) is 23.9 Å². The molecule has 2 rings (SSSR count). The minimum Gasteiger partial charge on any atom is -0.462 e. The first-order valence-corrected chi connectivity index (χ1v) is 7.27. The average Bonchev–Trinajstić information content (AvgIpc) is 2.47. The number of nitrogens with zero attached hydrogens (tertiary/aromatic N) is 2. The van der Waals surface area contributed by atoms with Crippen LogP contribution >= 0.6 is 0 Å². The number of carbonyl (C=O) groups is 1. The predicted molar refractivity (Wildman–Crippen MR) is 78.8 cm³/mol. The van der Waals surface area contributed by atoms with Gasteiger partial charge in [-0.2, -0.15) is 0 Å². The molecule has 2 unspecified atom stereocenters. The molecule has 2 heterocycles. The third kappa shape index (κ3) is 3.10. The molecule has 1 aromatic heterocycles. The lowest BCUT2D eigenvalue weighted by molar-refractivity contribution is 0.0526. The number of hydrogen-bond acceptors (Lipinski definition) is 5. The fraction of sp³-hybridized carbons (Fsp3) is 0.600. The molecule has 1 aliphatic heterocycles. The van der Waals surface area contributed by atoms with E-state index in [1.54, 1.807) is 19.2 Å². The Morgan fingerprint density at radius 1 is 1.55 bits per heavy atom. The molecule has 5 heteroatoms. The van der Waals surface area contributed by atoms with Crippen molar-refractivity contribution in [3.63, 3.8) is 0 Å². The standard InChI is InChI=1S/C15H23N3O2/c1-3-20-15(19)12-6-7-14(17-10-12)18-8-4-5-11(2)13(18)9-16/h6-7,10-11,13H,3-5,8-9,16H2,1-2H3. The zero-order chi connectivity index (χ0) is 14.5. The highest BCUT2D eigenvalue weighted by molar-refractivity contribution is 5.89. The number of piperidine rings is 1. The summed E-state index contributed by atoms with van der Waals surface area (Å²) in [5.74, 6) is 1.13. The van der Waals surface area contributed by atoms with Crippen LogP contribution in [0.4, 0.5) is 5.82 Å². The maximum Gasteiger partial charge on any atom is 0.339 e. The number of esters is 1. The Balaban J connectivity index is 2.14. The van der Waals surface area contributed by atoms with Crippen molar-refractivity contribution in [2.24, 2.45) is 11.7 Å². The smallest absolute Gasteiger partial charge is 0.339 e. The molecule has 1 aromatic rings. The summed E-state index contributed by atoms with van der Waals surface area (Å²) in [6.45, 7) is 6.00. The molecule has 110 valence electrons. The van der Waals surface area contributed by atoms with E-state index in [1.165, 1.54) is 6.42 Å². The molecule has 1 saturated heterocycles. The van der Waals surface area contributed by atoms with Crippen molar-refractivity contribution in [2.75, 3.05) is 24.6 Å². The van der Waals surface area contributed by atoms with Gasteiger partial charge in [0.25, 0.3) is 0 Å². The maximum atomic E-state index is 11.6. The lowest BCUT2D eigenvalue weighted by Gasteiger charge is -2.40. The van der Waals surface area contributed by atoms with Gasteiger partial charge < -0.3 is 15.4 Å². The summed E-state index contributed by atoms with van der Waals surface area (Å²) in [5, 5.41) is 0. The number of aromatic nitrogens is 1. The highest BCUT2D eigenvalue weighted by atomic mass is 16.5. The van der Waals surface area contributed by atoms with Crippen molar-refractivity contribution < 1.29 is 9.53 Å². The SMILES string of the molecule is CCOC(=O)c1ccc(N2CCCC(C)C2CN)nc1. The van der Waals surface area contributed by atoms with E-state index in [0.717, 1.165) is 18.8 Å². The van der Waals surface area contributed by atoms with Crippen molar-refractivity contribution >= 4 is 11.8 Å². The van der Waals surface area contributed by atoms with Crippen LogP contribution in [0.15, 0.2) is 18.3 Å². The summed E-state index contributed by atoms with van der Waals surface area (Å²) >= 11 is 0. The molecule has 5 nitrogen and oxygen atoms in total. The molecule has 0 radical (unpaired) electrons. The van der Waals surface area contributed by atoms with E-state index in [1.807, 2.05) is 6.07 Å². The minimum absolute atomic E-state index is 0.324. The van der Waals surface area contributed by atoms with E-state index in [0.29, 0.717) is 30.7 Å². The van der Waals surface area contributed by atoms with Gasteiger partial charge in [-0.05, 0) is 37.8 Å². The second-order valence-corrected chi connectivity index (χ2v) is 5.24. The lowest BCUT2D eigenvalue weighted by Crippen LogP contribution is -2.49. The normalized spacial score (nSPS) is 22.6. The number of hydrogen-bond donors (Lipinski definition) is 1. The van der Waals surface area contributed by atoms with Crippen molar-refractivity contribution in [1.29, 1.82) is 0 Å². The Bertz CT molecular complexity index is 447. The summed E-state index contributed by atoms with van der Waals surface area (Å²) in [6, 6.07) is 3.98. The Morgan fingerprint density at radius 2 is 2.35 bits per heavy atom. The first-order valence-electron chi connectivity index (χ1n) is 7.27. The van der Waals surface area contributed by atoms with Gasteiger partial charge in [-0.15, -0.1) is 0 Å². The third-order valence-electron chi connectivity index (χ3n) is 3.91. The zero-order valence-electron chi connectivity index (χ0n) is 12.2. The fourth-order valence-corrected chi connectivity index (χ4v) is 2.78. The molecule has 20 heavy (non-hydrogen) atoms. The highest BCUT2D eigenvalue weighted by Gasteiger charge is 2.28. The van der Waals surface area contributed by atoms with Gasteiger partial charge >= 0.3 is 5.97 Å². The van der Waals surface area contributed by atoms with Crippen LogP contribution in [-0.4, -0.2) is 36.7 Å². The molecule has 0 spiro atoms. The van der Waals surface area contributed by atoms with Crippen molar-refractivity contribution in [2.45, 2.75) is 32.7 Å². The molecular formula is C15H23N3O2. The second kappa shape index (κ2) is 6.70. The molecular weight excluding hydrogens is 254 g/mol. The molecule has 0 amide bonds. The number of anilines is 1. The van der Waals surface area contributed by atoms with Gasteiger partial charge in [0.1, 0.15) is 5.82 Å². The minimum atomic E-state index is -0.325. The van der Waals surface area contributed by atoms with E-state index in [9.17, 15) is 4.79 Å². The van der Waals surface area contributed by atoms with Crippen LogP contribution in [-0.2, 0) is 4.74 Å². The number of rotatable bonds is 4. The predicted octanol–water partition coefficient (Wildman–Crippen LogP) is 1.82. The largest absolute Gasteiger partial charge is 0.462 e. The molecule has 0 saturated carbocycles. The van der Waals surface area contributed by atoms with Crippen molar-refractivity contribution in [3.8, 4) is 0 Å². The Morgan fingerprint density at radius 3 is 2.95 bits per heavy atom. The second-order valence-electron chi connectivity index (χ2n) is 5.24. The van der Waals surface area contributed by atoms with Gasteiger partial charge in [0.05, 0.1) is 12.2 Å². The Labute approximate surface area is 120 Å². The molecule has 2 atom stereocenters. The molecule has 1 aliphatic rings. The van der Waals surface area contributed by atoms with E-state index in [4.69, 9.17) is 10.5 Å². The van der Waals surface area contributed by atoms with Gasteiger partial charge in [0.2, 0.25) is 0 Å². The van der Waals surface area contributed by atoms with Gasteiger partial charge in [-0.1, -0.05) is 6.92 Å². The number of carbonyl (C=O) groups excluding carboxylic acids is 1. The molecule has 0 bridgehead atoms. The quantitative estimate of drug-likeness (QED) is 0.850. The van der Waals surface area contributed by atoms with Crippen LogP contribution in [0.2, 0.25) is 0 Å². The van der Waals surface area contributed by atoms with E-state index in [-0.39, 0.29) is 5.97 Å². The summed E-state index contributed by atoms with van der Waals surface area (Å²) in [6.07, 6.45) is 3.94. The zero-order valence-corrected chi connectivity index (χ0v) is 12.2. The average molecular weight is 277 g/mol. The summed E-state index contributed by atoms with van der Waals surface area (Å²) in [7, 11) is 0. The lowest BCUT2D eigenvalue weighted by atomic mass is 9.91.